The zero-order valence-electron chi connectivity index (χ0n) is 17.7. The summed E-state index contributed by atoms with van der Waals surface area (Å²) in [6.07, 6.45) is 0. The molecule has 1 fully saturated rings. The smallest absolute Gasteiger partial charge is 0.257 e. The predicted molar refractivity (Wildman–Crippen MR) is 118 cm³/mol. The molecule has 0 aromatic heterocycles. The maximum absolute atomic E-state index is 14.0. The first-order valence-corrected chi connectivity index (χ1v) is 10.4. The molecule has 0 radical (unpaired) electrons. The molecule has 1 N–H and O–H groups in total. The number of hydrogen-bond donors (Lipinski definition) is 1. The Morgan fingerprint density at radius 3 is 2.16 bits per heavy atom. The first-order chi connectivity index (χ1) is 14.6. The summed E-state index contributed by atoms with van der Waals surface area (Å²) in [6.45, 7) is 6.67. The maximum atomic E-state index is 14.0. The van der Waals surface area contributed by atoms with Crippen LogP contribution in [0.2, 0.25) is 5.02 Å². The van der Waals surface area contributed by atoms with Crippen molar-refractivity contribution in [3.8, 4) is 0 Å². The molecule has 31 heavy (non-hydrogen) atoms. The number of carbonyl (C=O) groups is 3. The lowest BCUT2D eigenvalue weighted by molar-refractivity contribution is -0.123. The first-order valence-electron chi connectivity index (χ1n) is 10.0. The van der Waals surface area contributed by atoms with E-state index >= 15 is 0 Å². The van der Waals surface area contributed by atoms with Crippen LogP contribution in [0.3, 0.4) is 0 Å². The Labute approximate surface area is 186 Å². The van der Waals surface area contributed by atoms with E-state index < -0.39 is 17.1 Å². The van der Waals surface area contributed by atoms with Crippen LogP contribution in [-0.2, 0) is 4.79 Å². The molecule has 1 saturated heterocycles. The Kier molecular flexibility index (Phi) is 6.65. The van der Waals surface area contributed by atoms with E-state index in [9.17, 15) is 18.8 Å². The van der Waals surface area contributed by atoms with Gasteiger partial charge in [-0.15, -0.1) is 0 Å². The van der Waals surface area contributed by atoms with Gasteiger partial charge in [0.05, 0.1) is 5.56 Å². The second kappa shape index (κ2) is 9.06. The number of benzene rings is 2. The van der Waals surface area contributed by atoms with Crippen LogP contribution in [0, 0.1) is 11.2 Å². The van der Waals surface area contributed by atoms with Gasteiger partial charge in [-0.2, -0.15) is 0 Å². The fourth-order valence-corrected chi connectivity index (χ4v) is 3.35. The molecular weight excluding hydrogens is 421 g/mol. The average molecular weight is 446 g/mol. The van der Waals surface area contributed by atoms with Crippen LogP contribution in [0.4, 0.5) is 10.1 Å². The SMILES string of the molecule is CC(C)(C)C(=O)Nc1cccc(C(=O)N2CCN(C(=O)c3cc(Cl)ccc3F)CC2)c1. The van der Waals surface area contributed by atoms with Crippen LogP contribution < -0.4 is 5.32 Å². The summed E-state index contributed by atoms with van der Waals surface area (Å²) < 4.78 is 14.0. The summed E-state index contributed by atoms with van der Waals surface area (Å²) in [5.41, 5.74) is 0.378. The zero-order valence-corrected chi connectivity index (χ0v) is 18.5. The van der Waals surface area contributed by atoms with Crippen LogP contribution in [0.5, 0.6) is 0 Å². The number of amides is 3. The van der Waals surface area contributed by atoms with E-state index in [2.05, 4.69) is 5.32 Å². The van der Waals surface area contributed by atoms with E-state index in [4.69, 9.17) is 11.6 Å². The number of halogens is 2. The number of nitrogens with zero attached hydrogens (tertiary/aromatic N) is 2. The summed E-state index contributed by atoms with van der Waals surface area (Å²) in [5.74, 6) is -1.40. The zero-order chi connectivity index (χ0) is 22.8. The molecule has 1 aliphatic heterocycles. The van der Waals surface area contributed by atoms with Crippen LogP contribution in [-0.4, -0.2) is 53.7 Å². The summed E-state index contributed by atoms with van der Waals surface area (Å²) in [5, 5.41) is 3.11. The van der Waals surface area contributed by atoms with Crippen molar-refractivity contribution < 1.29 is 18.8 Å². The van der Waals surface area contributed by atoms with Gasteiger partial charge < -0.3 is 15.1 Å². The molecule has 0 bridgehead atoms. The normalized spacial score (nSPS) is 14.4. The summed E-state index contributed by atoms with van der Waals surface area (Å²) in [6, 6.07) is 10.7. The van der Waals surface area contributed by atoms with Crippen LogP contribution >= 0.6 is 11.6 Å². The molecule has 3 amide bonds. The van der Waals surface area contributed by atoms with E-state index in [1.165, 1.54) is 23.1 Å². The molecule has 0 unspecified atom stereocenters. The fraction of sp³-hybridized carbons (Fsp3) is 0.348. The Morgan fingerprint density at radius 2 is 1.55 bits per heavy atom. The van der Waals surface area contributed by atoms with Crippen molar-refractivity contribution in [3.63, 3.8) is 0 Å². The van der Waals surface area contributed by atoms with E-state index in [0.717, 1.165) is 0 Å². The Bertz CT molecular complexity index is 1010. The molecule has 2 aromatic rings. The highest BCUT2D eigenvalue weighted by molar-refractivity contribution is 6.31. The minimum atomic E-state index is -0.623. The minimum absolute atomic E-state index is 0.0745. The highest BCUT2D eigenvalue weighted by Crippen LogP contribution is 2.21. The van der Waals surface area contributed by atoms with E-state index in [1.54, 1.807) is 29.2 Å². The topological polar surface area (TPSA) is 69.7 Å². The third-order valence-corrected chi connectivity index (χ3v) is 5.30. The Balaban J connectivity index is 1.64. The van der Waals surface area contributed by atoms with Crippen LogP contribution in [0.25, 0.3) is 0 Å². The van der Waals surface area contributed by atoms with E-state index in [1.807, 2.05) is 20.8 Å². The molecule has 1 heterocycles. The van der Waals surface area contributed by atoms with Gasteiger partial charge in [0.2, 0.25) is 5.91 Å². The van der Waals surface area contributed by atoms with Crippen LogP contribution in [0.15, 0.2) is 42.5 Å². The number of hydrogen-bond acceptors (Lipinski definition) is 3. The highest BCUT2D eigenvalue weighted by Gasteiger charge is 2.27. The second-order valence-corrected chi connectivity index (χ2v) is 8.93. The van der Waals surface area contributed by atoms with Crippen molar-refractivity contribution in [1.29, 1.82) is 0 Å². The lowest BCUT2D eigenvalue weighted by Gasteiger charge is -2.35. The van der Waals surface area contributed by atoms with Gasteiger partial charge in [-0.1, -0.05) is 38.4 Å². The van der Waals surface area contributed by atoms with Gasteiger partial charge in [0.15, 0.2) is 0 Å². The van der Waals surface area contributed by atoms with E-state index in [-0.39, 0.29) is 35.5 Å². The quantitative estimate of drug-likeness (QED) is 0.774. The maximum Gasteiger partial charge on any atom is 0.257 e. The molecule has 6 nitrogen and oxygen atoms in total. The molecule has 0 atom stereocenters. The summed E-state index contributed by atoms with van der Waals surface area (Å²) in [7, 11) is 0. The number of anilines is 1. The van der Waals surface area contributed by atoms with Gasteiger partial charge >= 0.3 is 0 Å². The van der Waals surface area contributed by atoms with Crippen molar-refractivity contribution in [2.45, 2.75) is 20.8 Å². The molecule has 0 saturated carbocycles. The predicted octanol–water partition coefficient (Wildman–Crippen LogP) is 4.06. The summed E-state index contributed by atoms with van der Waals surface area (Å²) in [4.78, 5) is 40.9. The number of carbonyl (C=O) groups excluding carboxylic acids is 3. The Hall–Kier alpha value is -2.93. The van der Waals surface area contributed by atoms with Gasteiger partial charge in [-0.3, -0.25) is 14.4 Å². The van der Waals surface area contributed by atoms with Gasteiger partial charge in [-0.05, 0) is 36.4 Å². The third kappa shape index (κ3) is 5.41. The molecule has 1 aliphatic rings. The highest BCUT2D eigenvalue weighted by atomic mass is 35.5. The number of rotatable bonds is 3. The monoisotopic (exact) mass is 445 g/mol. The standard InChI is InChI=1S/C23H25ClFN3O3/c1-23(2,3)22(31)26-17-6-4-5-15(13-17)20(29)27-9-11-28(12-10-27)21(30)18-14-16(24)7-8-19(18)25/h4-8,13-14H,9-12H2,1-3H3,(H,26,31). The molecular formula is C23H25ClFN3O3. The van der Waals surface area contributed by atoms with Crippen molar-refractivity contribution in [2.75, 3.05) is 31.5 Å². The van der Waals surface area contributed by atoms with E-state index in [0.29, 0.717) is 24.3 Å². The van der Waals surface area contributed by atoms with Crippen molar-refractivity contribution in [1.82, 2.24) is 9.80 Å². The molecule has 8 heteroatoms. The molecule has 164 valence electrons. The van der Waals surface area contributed by atoms with Gasteiger partial charge in [0, 0.05) is 47.9 Å². The number of piperazine rings is 1. The Morgan fingerprint density at radius 1 is 0.935 bits per heavy atom. The lowest BCUT2D eigenvalue weighted by atomic mass is 9.95. The van der Waals surface area contributed by atoms with Crippen molar-refractivity contribution in [2.24, 2.45) is 5.41 Å². The third-order valence-electron chi connectivity index (χ3n) is 5.06. The minimum Gasteiger partial charge on any atom is -0.335 e. The molecule has 2 aromatic carbocycles. The number of nitrogens with one attached hydrogen (secondary N) is 1. The average Bonchev–Trinajstić information content (AvgIpc) is 2.74. The molecule has 0 spiro atoms. The van der Waals surface area contributed by atoms with Crippen LogP contribution in [0.1, 0.15) is 41.5 Å². The van der Waals surface area contributed by atoms with Gasteiger partial charge in [-0.25, -0.2) is 4.39 Å². The summed E-state index contributed by atoms with van der Waals surface area (Å²) >= 11 is 5.88. The fourth-order valence-electron chi connectivity index (χ4n) is 3.18. The van der Waals surface area contributed by atoms with Gasteiger partial charge in [0.1, 0.15) is 5.82 Å². The molecule has 3 rings (SSSR count). The van der Waals surface area contributed by atoms with Crippen molar-refractivity contribution >= 4 is 35.0 Å². The first kappa shape index (κ1) is 22.7. The lowest BCUT2D eigenvalue weighted by Crippen LogP contribution is -2.50. The largest absolute Gasteiger partial charge is 0.335 e. The van der Waals surface area contributed by atoms with Gasteiger partial charge in [0.25, 0.3) is 11.8 Å². The second-order valence-electron chi connectivity index (χ2n) is 8.49. The molecule has 0 aliphatic carbocycles. The van der Waals surface area contributed by atoms with Crippen molar-refractivity contribution in [3.05, 3.63) is 64.4 Å².